The summed E-state index contributed by atoms with van der Waals surface area (Å²) in [6.07, 6.45) is 2.31. The van der Waals surface area contributed by atoms with E-state index in [0.717, 1.165) is 24.0 Å². The van der Waals surface area contributed by atoms with Gasteiger partial charge >= 0.3 is 0 Å². The molecule has 128 valence electrons. The Kier molecular flexibility index (Phi) is 6.09. The molecule has 1 N–H and O–H groups in total. The van der Waals surface area contributed by atoms with E-state index in [4.69, 9.17) is 0 Å². The lowest BCUT2D eigenvalue weighted by Crippen LogP contribution is -2.39. The van der Waals surface area contributed by atoms with E-state index in [1.165, 1.54) is 17.5 Å². The number of nitrogens with zero attached hydrogens (tertiary/aromatic N) is 1. The zero-order valence-corrected chi connectivity index (χ0v) is 16.2. The topological polar surface area (TPSA) is 15.3 Å². The largest absolute Gasteiger partial charge is 0.310 e. The van der Waals surface area contributed by atoms with E-state index in [1.807, 2.05) is 0 Å². The first kappa shape index (κ1) is 17.7. The van der Waals surface area contributed by atoms with E-state index in [-0.39, 0.29) is 0 Å². The Labute approximate surface area is 154 Å². The van der Waals surface area contributed by atoms with Crippen molar-refractivity contribution in [2.24, 2.45) is 0 Å². The van der Waals surface area contributed by atoms with Gasteiger partial charge in [0.15, 0.2) is 0 Å². The van der Waals surface area contributed by atoms with Crippen molar-refractivity contribution in [1.29, 1.82) is 0 Å². The maximum Gasteiger partial charge on any atom is 0.0237 e. The maximum absolute atomic E-state index is 3.83. The van der Waals surface area contributed by atoms with E-state index in [2.05, 4.69) is 94.6 Å². The van der Waals surface area contributed by atoms with Gasteiger partial charge in [-0.05, 0) is 49.9 Å². The van der Waals surface area contributed by atoms with Crippen LogP contribution in [0.25, 0.3) is 0 Å². The van der Waals surface area contributed by atoms with Crippen LogP contribution in [0.4, 0.5) is 0 Å². The highest BCUT2D eigenvalue weighted by molar-refractivity contribution is 9.10. The third-order valence-corrected chi connectivity index (χ3v) is 5.44. The predicted molar refractivity (Wildman–Crippen MR) is 105 cm³/mol. The first-order valence-electron chi connectivity index (χ1n) is 8.88. The Morgan fingerprint density at radius 3 is 2.50 bits per heavy atom. The van der Waals surface area contributed by atoms with Crippen molar-refractivity contribution in [3.63, 3.8) is 0 Å². The lowest BCUT2D eigenvalue weighted by atomic mass is 10.1. The molecule has 0 aromatic heterocycles. The Hall–Kier alpha value is -1.16. The lowest BCUT2D eigenvalue weighted by Gasteiger charge is -2.22. The number of benzene rings is 2. The van der Waals surface area contributed by atoms with Crippen LogP contribution in [0.15, 0.2) is 59.1 Å². The molecule has 1 heterocycles. The minimum atomic E-state index is 0.500. The fourth-order valence-corrected chi connectivity index (χ4v) is 3.96. The fraction of sp³-hybridized carbons (Fsp3) is 0.429. The van der Waals surface area contributed by atoms with Gasteiger partial charge in [0.1, 0.15) is 0 Å². The minimum absolute atomic E-state index is 0.500. The molecule has 1 saturated heterocycles. The molecule has 2 aromatic rings. The number of nitrogens with one attached hydrogen (secondary N) is 1. The van der Waals surface area contributed by atoms with E-state index >= 15 is 0 Å². The molecule has 3 unspecified atom stereocenters. The molecule has 0 bridgehead atoms. The predicted octanol–water partition coefficient (Wildman–Crippen LogP) is 4.63. The van der Waals surface area contributed by atoms with Crippen LogP contribution in [-0.2, 0) is 13.0 Å². The summed E-state index contributed by atoms with van der Waals surface area (Å²) in [7, 11) is 0. The maximum atomic E-state index is 3.83. The number of halogens is 1. The second-order valence-electron chi connectivity index (χ2n) is 7.09. The summed E-state index contributed by atoms with van der Waals surface area (Å²) in [5.41, 5.74) is 2.80. The van der Waals surface area contributed by atoms with Crippen molar-refractivity contribution >= 4 is 15.9 Å². The summed E-state index contributed by atoms with van der Waals surface area (Å²) in [5.74, 6) is 0. The number of hydrogen-bond donors (Lipinski definition) is 1. The van der Waals surface area contributed by atoms with Crippen molar-refractivity contribution in [2.45, 2.75) is 51.4 Å². The van der Waals surface area contributed by atoms with Crippen molar-refractivity contribution in [3.8, 4) is 0 Å². The molecule has 0 amide bonds. The smallest absolute Gasteiger partial charge is 0.0237 e. The zero-order valence-electron chi connectivity index (χ0n) is 14.6. The SMILES string of the molecule is CC(Cc1ccc(Br)cc1)NC1CC(C)N(Cc2ccccc2)C1. The molecule has 3 heteroatoms. The third-order valence-electron chi connectivity index (χ3n) is 4.91. The lowest BCUT2D eigenvalue weighted by molar-refractivity contribution is 0.256. The number of likely N-dealkylation sites (tertiary alicyclic amines) is 1. The normalized spacial score (nSPS) is 22.6. The van der Waals surface area contributed by atoms with Gasteiger partial charge < -0.3 is 5.32 Å². The third kappa shape index (κ3) is 4.92. The van der Waals surface area contributed by atoms with Gasteiger partial charge in [0.05, 0.1) is 0 Å². The van der Waals surface area contributed by atoms with Crippen LogP contribution in [0.2, 0.25) is 0 Å². The van der Waals surface area contributed by atoms with Crippen molar-refractivity contribution in [3.05, 3.63) is 70.2 Å². The van der Waals surface area contributed by atoms with Crippen molar-refractivity contribution < 1.29 is 0 Å². The molecule has 2 nitrogen and oxygen atoms in total. The van der Waals surface area contributed by atoms with Gasteiger partial charge in [0.25, 0.3) is 0 Å². The molecule has 1 aliphatic heterocycles. The molecule has 2 aromatic carbocycles. The quantitative estimate of drug-likeness (QED) is 0.777. The average Bonchev–Trinajstić information content (AvgIpc) is 2.90. The molecule has 1 fully saturated rings. The summed E-state index contributed by atoms with van der Waals surface area (Å²) in [4.78, 5) is 2.60. The molecule has 0 spiro atoms. The highest BCUT2D eigenvalue weighted by atomic mass is 79.9. The molecular weight excluding hydrogens is 360 g/mol. The molecule has 3 rings (SSSR count). The summed E-state index contributed by atoms with van der Waals surface area (Å²) < 4.78 is 1.15. The molecule has 0 radical (unpaired) electrons. The molecule has 24 heavy (non-hydrogen) atoms. The second kappa shape index (κ2) is 8.28. The number of hydrogen-bond acceptors (Lipinski definition) is 2. The van der Waals surface area contributed by atoms with Gasteiger partial charge in [-0.1, -0.05) is 58.4 Å². The molecule has 0 saturated carbocycles. The average molecular weight is 387 g/mol. The van der Waals surface area contributed by atoms with Crippen LogP contribution in [0.1, 0.15) is 31.4 Å². The van der Waals surface area contributed by atoms with E-state index < -0.39 is 0 Å². The van der Waals surface area contributed by atoms with E-state index in [9.17, 15) is 0 Å². The minimum Gasteiger partial charge on any atom is -0.310 e. The summed E-state index contributed by atoms with van der Waals surface area (Å²) in [5, 5.41) is 3.83. The molecule has 0 aliphatic carbocycles. The fourth-order valence-electron chi connectivity index (χ4n) is 3.69. The van der Waals surface area contributed by atoms with Crippen LogP contribution in [0.3, 0.4) is 0 Å². The van der Waals surface area contributed by atoms with Gasteiger partial charge in [-0.25, -0.2) is 0 Å². The van der Waals surface area contributed by atoms with Crippen LogP contribution in [0.5, 0.6) is 0 Å². The second-order valence-corrected chi connectivity index (χ2v) is 8.01. The van der Waals surface area contributed by atoms with Gasteiger partial charge in [-0.15, -0.1) is 0 Å². The Morgan fingerprint density at radius 2 is 1.79 bits per heavy atom. The standard InChI is InChI=1S/C21H27BrN2/c1-16(12-18-8-10-20(22)11-9-18)23-21-13-17(2)24(15-21)14-19-6-4-3-5-7-19/h3-11,16-17,21,23H,12-15H2,1-2H3. The van der Waals surface area contributed by atoms with Crippen molar-refractivity contribution in [2.75, 3.05) is 6.54 Å². The highest BCUT2D eigenvalue weighted by Crippen LogP contribution is 2.21. The monoisotopic (exact) mass is 386 g/mol. The molecule has 3 atom stereocenters. The van der Waals surface area contributed by atoms with Crippen LogP contribution in [0, 0.1) is 0 Å². The first-order chi connectivity index (χ1) is 11.6. The Balaban J connectivity index is 1.50. The Bertz CT molecular complexity index is 626. The van der Waals surface area contributed by atoms with Gasteiger partial charge in [0.2, 0.25) is 0 Å². The molecular formula is C21H27BrN2. The summed E-state index contributed by atoms with van der Waals surface area (Å²) >= 11 is 3.50. The summed E-state index contributed by atoms with van der Waals surface area (Å²) in [6, 6.07) is 21.2. The van der Waals surface area contributed by atoms with E-state index in [0.29, 0.717) is 18.1 Å². The number of rotatable bonds is 6. The van der Waals surface area contributed by atoms with Crippen molar-refractivity contribution in [1.82, 2.24) is 10.2 Å². The van der Waals surface area contributed by atoms with Crippen LogP contribution < -0.4 is 5.32 Å². The van der Waals surface area contributed by atoms with Gasteiger partial charge in [-0.2, -0.15) is 0 Å². The van der Waals surface area contributed by atoms with Crippen LogP contribution in [-0.4, -0.2) is 29.6 Å². The first-order valence-corrected chi connectivity index (χ1v) is 9.68. The Morgan fingerprint density at radius 1 is 1.08 bits per heavy atom. The highest BCUT2D eigenvalue weighted by Gasteiger charge is 2.29. The van der Waals surface area contributed by atoms with Gasteiger partial charge in [-0.3, -0.25) is 4.90 Å². The zero-order chi connectivity index (χ0) is 16.9. The van der Waals surface area contributed by atoms with Crippen LogP contribution >= 0.6 is 15.9 Å². The molecule has 1 aliphatic rings. The van der Waals surface area contributed by atoms with Gasteiger partial charge in [0, 0.05) is 35.7 Å². The van der Waals surface area contributed by atoms with E-state index in [1.54, 1.807) is 0 Å². The summed E-state index contributed by atoms with van der Waals surface area (Å²) in [6.45, 7) is 6.85.